The number of primary amides is 1. The van der Waals surface area contributed by atoms with Crippen molar-refractivity contribution in [1.29, 1.82) is 0 Å². The van der Waals surface area contributed by atoms with E-state index < -0.39 is 24.5 Å². The minimum atomic E-state index is -4.41. The number of anilines is 2. The van der Waals surface area contributed by atoms with Crippen molar-refractivity contribution in [3.05, 3.63) is 42.2 Å². The molecule has 2 amide bonds. The quantitative estimate of drug-likeness (QED) is 0.375. The number of nitrogens with zero attached hydrogens (tertiary/aromatic N) is 4. The Kier molecular flexibility index (Phi) is 7.96. The molecule has 4 heterocycles. The van der Waals surface area contributed by atoms with Gasteiger partial charge < -0.3 is 26.1 Å². The first-order valence-corrected chi connectivity index (χ1v) is 10.3. The van der Waals surface area contributed by atoms with Crippen LogP contribution in [-0.4, -0.2) is 57.4 Å². The van der Waals surface area contributed by atoms with Crippen LogP contribution in [0.25, 0.3) is 11.5 Å². The van der Waals surface area contributed by atoms with E-state index in [2.05, 4.69) is 31.0 Å². The van der Waals surface area contributed by atoms with E-state index in [0.29, 0.717) is 5.56 Å². The number of rotatable bonds is 7. The number of nitrogens with two attached hydrogens (primary N) is 1. The van der Waals surface area contributed by atoms with Crippen molar-refractivity contribution < 1.29 is 27.2 Å². The topological polar surface area (TPSA) is 153 Å². The van der Waals surface area contributed by atoms with Crippen LogP contribution in [0.2, 0.25) is 0 Å². The second-order valence-corrected chi connectivity index (χ2v) is 7.61. The number of carbonyl (C=O) groups excluding carboxylic acids is 2. The average molecular weight is 515 g/mol. The van der Waals surface area contributed by atoms with E-state index in [1.54, 1.807) is 10.9 Å². The Morgan fingerprint density at radius 1 is 1.29 bits per heavy atom. The molecule has 1 fully saturated rings. The van der Waals surface area contributed by atoms with Crippen LogP contribution in [0.3, 0.4) is 0 Å². The zero-order valence-corrected chi connectivity index (χ0v) is 18.9. The Bertz CT molecular complexity index is 1190. The first kappa shape index (κ1) is 26.0. The molecule has 4 rings (SSSR count). The molecule has 0 aromatic carbocycles. The summed E-state index contributed by atoms with van der Waals surface area (Å²) < 4.78 is 44.2. The minimum Gasteiger partial charge on any atom is -0.444 e. The zero-order chi connectivity index (χ0) is 24.3. The van der Waals surface area contributed by atoms with Crippen LogP contribution in [0.1, 0.15) is 39.9 Å². The van der Waals surface area contributed by atoms with Crippen molar-refractivity contribution in [1.82, 2.24) is 25.1 Å². The van der Waals surface area contributed by atoms with Crippen LogP contribution in [0.4, 0.5) is 24.7 Å². The second kappa shape index (κ2) is 10.7. The fraction of sp³-hybridized carbons (Fsp3) is 0.350. The highest BCUT2D eigenvalue weighted by molar-refractivity contribution is 6.07. The highest BCUT2D eigenvalue weighted by Crippen LogP contribution is 2.25. The van der Waals surface area contributed by atoms with Crippen LogP contribution in [-0.2, 0) is 0 Å². The number of aromatic nitrogens is 4. The molecule has 35 heavy (non-hydrogen) atoms. The maximum Gasteiger partial charge on any atom is 0.405 e. The summed E-state index contributed by atoms with van der Waals surface area (Å²) >= 11 is 0. The number of alkyl halides is 3. The van der Waals surface area contributed by atoms with Crippen LogP contribution >= 0.6 is 12.4 Å². The van der Waals surface area contributed by atoms with Gasteiger partial charge in [0.25, 0.3) is 11.8 Å². The largest absolute Gasteiger partial charge is 0.444 e. The van der Waals surface area contributed by atoms with E-state index in [0.717, 1.165) is 32.2 Å². The fourth-order valence-electron chi connectivity index (χ4n) is 3.47. The lowest BCUT2D eigenvalue weighted by atomic mass is 10.1. The van der Waals surface area contributed by atoms with Gasteiger partial charge >= 0.3 is 6.18 Å². The number of carbonyl (C=O) groups is 2. The predicted molar refractivity (Wildman–Crippen MR) is 121 cm³/mol. The Balaban J connectivity index is 0.00000342. The Morgan fingerprint density at radius 3 is 2.71 bits per heavy atom. The molecule has 0 aliphatic carbocycles. The van der Waals surface area contributed by atoms with E-state index in [-0.39, 0.29) is 47.2 Å². The molecule has 1 saturated heterocycles. The van der Waals surface area contributed by atoms with Crippen molar-refractivity contribution in [2.75, 3.05) is 30.3 Å². The SMILES string of the molecule is Cl.NC(=O)c1nn(C2CCNCC2)cc1NC(=O)c1coc(-c2ccnc(NCC(F)(F)F)c2)n1. The van der Waals surface area contributed by atoms with E-state index in [9.17, 15) is 22.8 Å². The summed E-state index contributed by atoms with van der Waals surface area (Å²) in [5, 5.41) is 12.2. The number of piperidine rings is 1. The molecule has 3 aromatic rings. The van der Waals surface area contributed by atoms with Gasteiger partial charge in [-0.1, -0.05) is 0 Å². The van der Waals surface area contributed by atoms with Gasteiger partial charge in [0.2, 0.25) is 5.89 Å². The molecular formula is C20H22ClF3N8O3. The third kappa shape index (κ3) is 6.48. The standard InChI is InChI=1S/C20H21F3N8O3.ClH/c21-20(22,23)10-27-15-7-11(1-6-26-15)19-29-14(9-34-19)18(33)28-13-8-31(30-16(13)17(24)32)12-2-4-25-5-3-12;/h1,6-9,12,25H,2-5,10H2,(H2,24,32)(H,26,27)(H,28,33);1H. The molecule has 0 radical (unpaired) electrons. The Labute approximate surface area is 203 Å². The highest BCUT2D eigenvalue weighted by Gasteiger charge is 2.27. The van der Waals surface area contributed by atoms with Gasteiger partial charge in [-0.25, -0.2) is 9.97 Å². The van der Waals surface area contributed by atoms with Crippen LogP contribution in [0.15, 0.2) is 35.2 Å². The molecule has 0 spiro atoms. The Hall–Kier alpha value is -3.65. The van der Waals surface area contributed by atoms with Crippen LogP contribution < -0.4 is 21.7 Å². The van der Waals surface area contributed by atoms with Gasteiger partial charge in [-0.05, 0) is 38.1 Å². The summed E-state index contributed by atoms with van der Waals surface area (Å²) in [6.45, 7) is 0.362. The number of nitrogens with one attached hydrogen (secondary N) is 3. The van der Waals surface area contributed by atoms with Gasteiger partial charge in [-0.15, -0.1) is 12.4 Å². The van der Waals surface area contributed by atoms with Crippen molar-refractivity contribution in [2.45, 2.75) is 25.1 Å². The highest BCUT2D eigenvalue weighted by atomic mass is 35.5. The molecule has 0 saturated carbocycles. The van der Waals surface area contributed by atoms with Gasteiger partial charge in [0, 0.05) is 18.0 Å². The number of amides is 2. The van der Waals surface area contributed by atoms with Gasteiger partial charge in [0.1, 0.15) is 18.6 Å². The van der Waals surface area contributed by atoms with Crippen molar-refractivity contribution >= 4 is 35.7 Å². The number of halogens is 4. The minimum absolute atomic E-state index is 0. The van der Waals surface area contributed by atoms with Crippen molar-refractivity contribution in [3.63, 3.8) is 0 Å². The fourth-order valence-corrected chi connectivity index (χ4v) is 3.47. The number of pyridine rings is 1. The summed E-state index contributed by atoms with van der Waals surface area (Å²) in [5.41, 5.74) is 5.69. The summed E-state index contributed by atoms with van der Waals surface area (Å²) in [4.78, 5) is 32.5. The zero-order valence-electron chi connectivity index (χ0n) is 18.1. The number of hydrogen-bond acceptors (Lipinski definition) is 8. The van der Waals surface area contributed by atoms with E-state index in [1.165, 1.54) is 18.3 Å². The van der Waals surface area contributed by atoms with E-state index >= 15 is 0 Å². The van der Waals surface area contributed by atoms with Gasteiger partial charge in [-0.2, -0.15) is 18.3 Å². The lowest BCUT2D eigenvalue weighted by Gasteiger charge is -2.22. The second-order valence-electron chi connectivity index (χ2n) is 7.61. The molecule has 0 unspecified atom stereocenters. The molecule has 0 bridgehead atoms. The monoisotopic (exact) mass is 514 g/mol. The molecule has 15 heteroatoms. The van der Waals surface area contributed by atoms with Gasteiger partial charge in [-0.3, -0.25) is 14.3 Å². The van der Waals surface area contributed by atoms with Crippen molar-refractivity contribution in [2.24, 2.45) is 5.73 Å². The lowest BCUT2D eigenvalue weighted by molar-refractivity contribution is -0.115. The van der Waals surface area contributed by atoms with Gasteiger partial charge in [0.15, 0.2) is 11.4 Å². The molecule has 3 aromatic heterocycles. The molecule has 1 aliphatic rings. The molecule has 1 aliphatic heterocycles. The smallest absolute Gasteiger partial charge is 0.405 e. The Morgan fingerprint density at radius 2 is 2.03 bits per heavy atom. The maximum atomic E-state index is 12.7. The molecule has 5 N–H and O–H groups in total. The van der Waals surface area contributed by atoms with Crippen molar-refractivity contribution in [3.8, 4) is 11.5 Å². The van der Waals surface area contributed by atoms with E-state index in [4.69, 9.17) is 10.2 Å². The summed E-state index contributed by atoms with van der Waals surface area (Å²) in [6, 6.07) is 2.85. The summed E-state index contributed by atoms with van der Waals surface area (Å²) in [5.74, 6) is -1.50. The summed E-state index contributed by atoms with van der Waals surface area (Å²) in [7, 11) is 0. The number of oxazole rings is 1. The third-order valence-electron chi connectivity index (χ3n) is 5.11. The third-order valence-corrected chi connectivity index (χ3v) is 5.11. The molecule has 11 nitrogen and oxygen atoms in total. The first-order chi connectivity index (χ1) is 16.2. The molecule has 0 atom stereocenters. The molecular weight excluding hydrogens is 493 g/mol. The normalized spacial score (nSPS) is 14.3. The van der Waals surface area contributed by atoms with Gasteiger partial charge in [0.05, 0.1) is 11.7 Å². The van der Waals surface area contributed by atoms with Crippen LogP contribution in [0.5, 0.6) is 0 Å². The van der Waals surface area contributed by atoms with E-state index in [1.807, 2.05) is 0 Å². The summed E-state index contributed by atoms with van der Waals surface area (Å²) in [6.07, 6.45) is 1.15. The number of hydrogen-bond donors (Lipinski definition) is 4. The maximum absolute atomic E-state index is 12.7. The predicted octanol–water partition coefficient (Wildman–Crippen LogP) is 2.60. The van der Waals surface area contributed by atoms with Crippen LogP contribution in [0, 0.1) is 0 Å². The molecule has 188 valence electrons. The first-order valence-electron chi connectivity index (χ1n) is 10.3. The average Bonchev–Trinajstić information content (AvgIpc) is 3.46. The lowest BCUT2D eigenvalue weighted by Crippen LogP contribution is -2.29.